The molecule has 3 nitrogen and oxygen atoms in total. The van der Waals surface area contributed by atoms with Crippen LogP contribution in [0.4, 0.5) is 0 Å². The van der Waals surface area contributed by atoms with Crippen LogP contribution >= 0.6 is 0 Å². The number of ether oxygens (including phenoxy) is 1. The van der Waals surface area contributed by atoms with Gasteiger partial charge < -0.3 is 15.6 Å². The molecule has 0 aromatic heterocycles. The first-order valence-corrected chi connectivity index (χ1v) is 4.76. The fourth-order valence-corrected chi connectivity index (χ4v) is 1.10. The van der Waals surface area contributed by atoms with E-state index in [1.807, 2.05) is 31.2 Å². The molecule has 0 heterocycles. The quantitative estimate of drug-likeness (QED) is 0.764. The van der Waals surface area contributed by atoms with E-state index in [1.165, 1.54) is 0 Å². The number of rotatable bonds is 4. The molecule has 0 fully saturated rings. The Bertz CT molecular complexity index is 284. The standard InChI is InChI=1S/C11H17NO2/c1-8(13)7-14-11-5-3-4-10(6-11)9(2)12/h3-6,8-9,13H,7,12H2,1-2H3. The van der Waals surface area contributed by atoms with Crippen molar-refractivity contribution < 1.29 is 9.84 Å². The summed E-state index contributed by atoms with van der Waals surface area (Å²) in [5, 5.41) is 9.04. The highest BCUT2D eigenvalue weighted by atomic mass is 16.5. The fourth-order valence-electron chi connectivity index (χ4n) is 1.10. The predicted octanol–water partition coefficient (Wildman–Crippen LogP) is 1.47. The van der Waals surface area contributed by atoms with Crippen LogP contribution in [0.3, 0.4) is 0 Å². The Hall–Kier alpha value is -1.06. The van der Waals surface area contributed by atoms with Crippen LogP contribution in [0.25, 0.3) is 0 Å². The summed E-state index contributed by atoms with van der Waals surface area (Å²) in [6, 6.07) is 7.61. The summed E-state index contributed by atoms with van der Waals surface area (Å²) < 4.78 is 5.35. The summed E-state index contributed by atoms with van der Waals surface area (Å²) in [5.41, 5.74) is 6.77. The lowest BCUT2D eigenvalue weighted by atomic mass is 10.1. The molecule has 1 rings (SSSR count). The lowest BCUT2D eigenvalue weighted by Crippen LogP contribution is -2.13. The number of aliphatic hydroxyl groups excluding tert-OH is 1. The highest BCUT2D eigenvalue weighted by Gasteiger charge is 2.02. The maximum atomic E-state index is 9.04. The van der Waals surface area contributed by atoms with Crippen molar-refractivity contribution in [3.63, 3.8) is 0 Å². The predicted molar refractivity (Wildman–Crippen MR) is 56.2 cm³/mol. The van der Waals surface area contributed by atoms with E-state index in [1.54, 1.807) is 6.92 Å². The molecule has 1 aromatic rings. The van der Waals surface area contributed by atoms with Gasteiger partial charge in [0.1, 0.15) is 12.4 Å². The van der Waals surface area contributed by atoms with Crippen LogP contribution in [0.5, 0.6) is 5.75 Å². The molecule has 0 saturated heterocycles. The van der Waals surface area contributed by atoms with Crippen molar-refractivity contribution in [2.24, 2.45) is 5.73 Å². The van der Waals surface area contributed by atoms with Crippen molar-refractivity contribution in [1.29, 1.82) is 0 Å². The smallest absolute Gasteiger partial charge is 0.119 e. The van der Waals surface area contributed by atoms with E-state index in [2.05, 4.69) is 0 Å². The Balaban J connectivity index is 2.64. The maximum Gasteiger partial charge on any atom is 0.119 e. The number of benzene rings is 1. The molecule has 2 unspecified atom stereocenters. The summed E-state index contributed by atoms with van der Waals surface area (Å²) in [7, 11) is 0. The summed E-state index contributed by atoms with van der Waals surface area (Å²) in [5.74, 6) is 0.751. The third kappa shape index (κ3) is 3.36. The van der Waals surface area contributed by atoms with Gasteiger partial charge in [0.05, 0.1) is 6.10 Å². The Morgan fingerprint density at radius 3 is 2.71 bits per heavy atom. The SMILES string of the molecule is CC(O)COc1cccc(C(C)N)c1. The molecule has 0 bridgehead atoms. The first-order chi connectivity index (χ1) is 6.59. The van der Waals surface area contributed by atoms with E-state index < -0.39 is 6.10 Å². The van der Waals surface area contributed by atoms with Crippen LogP contribution in [-0.4, -0.2) is 17.8 Å². The largest absolute Gasteiger partial charge is 0.491 e. The van der Waals surface area contributed by atoms with Crippen molar-refractivity contribution in [2.75, 3.05) is 6.61 Å². The van der Waals surface area contributed by atoms with Crippen LogP contribution in [0, 0.1) is 0 Å². The van der Waals surface area contributed by atoms with Gasteiger partial charge in [-0.1, -0.05) is 12.1 Å². The summed E-state index contributed by atoms with van der Waals surface area (Å²) in [4.78, 5) is 0. The van der Waals surface area contributed by atoms with E-state index in [-0.39, 0.29) is 6.04 Å². The van der Waals surface area contributed by atoms with Crippen molar-refractivity contribution in [1.82, 2.24) is 0 Å². The van der Waals surface area contributed by atoms with Gasteiger partial charge in [-0.25, -0.2) is 0 Å². The van der Waals surface area contributed by atoms with Crippen LogP contribution < -0.4 is 10.5 Å². The second-order valence-corrected chi connectivity index (χ2v) is 3.52. The van der Waals surface area contributed by atoms with E-state index in [0.29, 0.717) is 6.61 Å². The third-order valence-corrected chi connectivity index (χ3v) is 1.88. The second kappa shape index (κ2) is 4.98. The third-order valence-electron chi connectivity index (χ3n) is 1.88. The zero-order chi connectivity index (χ0) is 10.6. The molecule has 78 valence electrons. The minimum absolute atomic E-state index is 0.00472. The topological polar surface area (TPSA) is 55.5 Å². The zero-order valence-electron chi connectivity index (χ0n) is 8.60. The summed E-state index contributed by atoms with van der Waals surface area (Å²) in [6.07, 6.45) is -0.450. The lowest BCUT2D eigenvalue weighted by molar-refractivity contribution is 0.122. The monoisotopic (exact) mass is 195 g/mol. The molecule has 0 radical (unpaired) electrons. The normalized spacial score (nSPS) is 14.9. The molecule has 3 heteroatoms. The Labute approximate surface area is 84.5 Å². The zero-order valence-corrected chi connectivity index (χ0v) is 8.60. The average molecular weight is 195 g/mol. The van der Waals surface area contributed by atoms with Gasteiger partial charge in [0.2, 0.25) is 0 Å². The highest BCUT2D eigenvalue weighted by Crippen LogP contribution is 2.17. The molecule has 14 heavy (non-hydrogen) atoms. The fraction of sp³-hybridized carbons (Fsp3) is 0.455. The lowest BCUT2D eigenvalue weighted by Gasteiger charge is -2.10. The molecule has 0 amide bonds. The summed E-state index contributed by atoms with van der Waals surface area (Å²) >= 11 is 0. The number of nitrogens with two attached hydrogens (primary N) is 1. The van der Waals surface area contributed by atoms with E-state index in [4.69, 9.17) is 15.6 Å². The average Bonchev–Trinajstić information content (AvgIpc) is 2.15. The van der Waals surface area contributed by atoms with Gasteiger partial charge in [0.25, 0.3) is 0 Å². The molecule has 0 spiro atoms. The summed E-state index contributed by atoms with van der Waals surface area (Å²) in [6.45, 7) is 3.92. The Morgan fingerprint density at radius 1 is 1.43 bits per heavy atom. The molecule has 0 saturated carbocycles. The molecular formula is C11H17NO2. The Kier molecular flexibility index (Phi) is 3.92. The first-order valence-electron chi connectivity index (χ1n) is 4.76. The minimum atomic E-state index is -0.450. The molecule has 2 atom stereocenters. The number of hydrogen-bond donors (Lipinski definition) is 2. The second-order valence-electron chi connectivity index (χ2n) is 3.52. The molecule has 0 aliphatic heterocycles. The minimum Gasteiger partial charge on any atom is -0.491 e. The van der Waals surface area contributed by atoms with E-state index >= 15 is 0 Å². The highest BCUT2D eigenvalue weighted by molar-refractivity contribution is 5.30. The maximum absolute atomic E-state index is 9.04. The molecule has 0 aliphatic carbocycles. The molecule has 3 N–H and O–H groups in total. The van der Waals surface area contributed by atoms with Gasteiger partial charge in [-0.05, 0) is 31.5 Å². The van der Waals surface area contributed by atoms with Crippen molar-refractivity contribution in [3.8, 4) is 5.75 Å². The van der Waals surface area contributed by atoms with E-state index in [0.717, 1.165) is 11.3 Å². The number of aliphatic hydroxyl groups is 1. The Morgan fingerprint density at radius 2 is 2.14 bits per heavy atom. The van der Waals surface area contributed by atoms with Gasteiger partial charge in [-0.3, -0.25) is 0 Å². The van der Waals surface area contributed by atoms with Crippen LogP contribution in [0.15, 0.2) is 24.3 Å². The van der Waals surface area contributed by atoms with Crippen molar-refractivity contribution >= 4 is 0 Å². The molecular weight excluding hydrogens is 178 g/mol. The van der Waals surface area contributed by atoms with Gasteiger partial charge >= 0.3 is 0 Å². The molecule has 1 aromatic carbocycles. The van der Waals surface area contributed by atoms with Gasteiger partial charge in [0, 0.05) is 6.04 Å². The first kappa shape index (κ1) is 11.0. The van der Waals surface area contributed by atoms with Gasteiger partial charge in [-0.2, -0.15) is 0 Å². The van der Waals surface area contributed by atoms with E-state index in [9.17, 15) is 0 Å². The van der Waals surface area contributed by atoms with Gasteiger partial charge in [-0.15, -0.1) is 0 Å². The van der Waals surface area contributed by atoms with Crippen LogP contribution in [-0.2, 0) is 0 Å². The van der Waals surface area contributed by atoms with Crippen LogP contribution in [0.2, 0.25) is 0 Å². The van der Waals surface area contributed by atoms with Crippen molar-refractivity contribution in [3.05, 3.63) is 29.8 Å². The molecule has 0 aliphatic rings. The van der Waals surface area contributed by atoms with Crippen molar-refractivity contribution in [2.45, 2.75) is 26.0 Å². The van der Waals surface area contributed by atoms with Crippen LogP contribution in [0.1, 0.15) is 25.5 Å². The van der Waals surface area contributed by atoms with Gasteiger partial charge in [0.15, 0.2) is 0 Å². The number of hydrogen-bond acceptors (Lipinski definition) is 3.